The second-order valence-electron chi connectivity index (χ2n) is 7.47. The zero-order valence-electron chi connectivity index (χ0n) is 17.5. The molecular formula is C24H30N2O3. The van der Waals surface area contributed by atoms with Crippen LogP contribution in [0.5, 0.6) is 5.75 Å². The van der Waals surface area contributed by atoms with Crippen LogP contribution in [0, 0.1) is 5.92 Å². The maximum absolute atomic E-state index is 13.1. The van der Waals surface area contributed by atoms with Crippen LogP contribution in [0.1, 0.15) is 39.5 Å². The number of carbonyl (C=O) groups is 2. The summed E-state index contributed by atoms with van der Waals surface area (Å²) in [7, 11) is 1.64. The standard InChI is InChI=1S/C24H30N2O3/c1-4-17(5-2)24(28)26-16-8-11-22(26)23(27)25-21-10-7-6-9-20(21)18-12-14-19(29-3)15-13-18/h6-7,9-10,12-15,17,22H,4-5,8,11,16H2,1-3H3,(H,25,27). The summed E-state index contributed by atoms with van der Waals surface area (Å²) in [5.74, 6) is 0.783. The summed E-state index contributed by atoms with van der Waals surface area (Å²) < 4.78 is 5.23. The van der Waals surface area contributed by atoms with E-state index in [4.69, 9.17) is 4.74 Å². The van der Waals surface area contributed by atoms with Gasteiger partial charge < -0.3 is 15.0 Å². The molecule has 29 heavy (non-hydrogen) atoms. The summed E-state index contributed by atoms with van der Waals surface area (Å²) in [6.45, 7) is 4.72. The monoisotopic (exact) mass is 394 g/mol. The predicted octanol–water partition coefficient (Wildman–Crippen LogP) is 4.73. The van der Waals surface area contributed by atoms with Crippen LogP contribution in [0.3, 0.4) is 0 Å². The minimum absolute atomic E-state index is 0.00464. The fraction of sp³-hybridized carbons (Fsp3) is 0.417. The number of nitrogens with zero attached hydrogens (tertiary/aromatic N) is 1. The lowest BCUT2D eigenvalue weighted by Crippen LogP contribution is -2.45. The van der Waals surface area contributed by atoms with Gasteiger partial charge in [-0.2, -0.15) is 0 Å². The van der Waals surface area contributed by atoms with E-state index >= 15 is 0 Å². The number of hydrogen-bond acceptors (Lipinski definition) is 3. The predicted molar refractivity (Wildman–Crippen MR) is 116 cm³/mol. The molecule has 3 rings (SSSR count). The minimum atomic E-state index is -0.396. The highest BCUT2D eigenvalue weighted by atomic mass is 16.5. The van der Waals surface area contributed by atoms with E-state index in [1.807, 2.05) is 62.4 Å². The van der Waals surface area contributed by atoms with Crippen molar-refractivity contribution >= 4 is 17.5 Å². The second-order valence-corrected chi connectivity index (χ2v) is 7.47. The van der Waals surface area contributed by atoms with Gasteiger partial charge in [0.2, 0.25) is 11.8 Å². The number of carbonyl (C=O) groups excluding carboxylic acids is 2. The van der Waals surface area contributed by atoms with Crippen molar-refractivity contribution < 1.29 is 14.3 Å². The number of benzene rings is 2. The molecule has 2 aromatic rings. The van der Waals surface area contributed by atoms with Crippen molar-refractivity contribution in [1.29, 1.82) is 0 Å². The number of nitrogens with one attached hydrogen (secondary N) is 1. The van der Waals surface area contributed by atoms with Gasteiger partial charge in [0.05, 0.1) is 7.11 Å². The summed E-state index contributed by atoms with van der Waals surface area (Å²) in [5.41, 5.74) is 2.70. The first-order valence-corrected chi connectivity index (χ1v) is 10.4. The van der Waals surface area contributed by atoms with Crippen LogP contribution in [0.15, 0.2) is 48.5 Å². The lowest BCUT2D eigenvalue weighted by molar-refractivity contribution is -0.140. The van der Waals surface area contributed by atoms with Crippen molar-refractivity contribution in [2.24, 2.45) is 5.92 Å². The number of rotatable bonds is 7. The molecule has 1 saturated heterocycles. The molecule has 1 heterocycles. The summed E-state index contributed by atoms with van der Waals surface area (Å²) in [6.07, 6.45) is 3.19. The van der Waals surface area contributed by atoms with Crippen LogP contribution in [0.4, 0.5) is 5.69 Å². The number of amides is 2. The largest absolute Gasteiger partial charge is 0.497 e. The maximum Gasteiger partial charge on any atom is 0.247 e. The average Bonchev–Trinajstić information content (AvgIpc) is 3.25. The first-order chi connectivity index (χ1) is 14.1. The van der Waals surface area contributed by atoms with Crippen LogP contribution in [0.2, 0.25) is 0 Å². The Morgan fingerprint density at radius 1 is 1.10 bits per heavy atom. The quantitative estimate of drug-likeness (QED) is 0.739. The Labute approximate surface area is 173 Å². The average molecular weight is 395 g/mol. The molecule has 5 nitrogen and oxygen atoms in total. The van der Waals surface area contributed by atoms with Gasteiger partial charge in [0, 0.05) is 23.7 Å². The number of hydrogen-bond donors (Lipinski definition) is 1. The normalized spacial score (nSPS) is 16.1. The fourth-order valence-electron chi connectivity index (χ4n) is 4.01. The molecule has 1 aliphatic rings. The number of methoxy groups -OCH3 is 1. The Bertz CT molecular complexity index is 843. The highest BCUT2D eigenvalue weighted by molar-refractivity contribution is 6.00. The van der Waals surface area contributed by atoms with E-state index in [9.17, 15) is 9.59 Å². The van der Waals surface area contributed by atoms with Gasteiger partial charge in [-0.15, -0.1) is 0 Å². The Kier molecular flexibility index (Phi) is 6.91. The maximum atomic E-state index is 13.1. The molecule has 0 aliphatic carbocycles. The number of para-hydroxylation sites is 1. The number of likely N-dealkylation sites (tertiary alicyclic amines) is 1. The topological polar surface area (TPSA) is 58.6 Å². The molecule has 1 unspecified atom stereocenters. The van der Waals surface area contributed by atoms with E-state index in [2.05, 4.69) is 5.32 Å². The van der Waals surface area contributed by atoms with Crippen molar-refractivity contribution in [3.05, 3.63) is 48.5 Å². The number of ether oxygens (including phenoxy) is 1. The molecule has 1 atom stereocenters. The molecular weight excluding hydrogens is 364 g/mol. The van der Waals surface area contributed by atoms with Gasteiger partial charge in [-0.25, -0.2) is 0 Å². The van der Waals surface area contributed by atoms with Crippen LogP contribution in [-0.4, -0.2) is 36.4 Å². The van der Waals surface area contributed by atoms with Crippen molar-refractivity contribution in [3.8, 4) is 16.9 Å². The molecule has 2 amide bonds. The lowest BCUT2D eigenvalue weighted by atomic mass is 10.0. The van der Waals surface area contributed by atoms with Crippen molar-refractivity contribution in [2.75, 3.05) is 19.0 Å². The van der Waals surface area contributed by atoms with E-state index in [1.54, 1.807) is 12.0 Å². The molecule has 0 aromatic heterocycles. The molecule has 154 valence electrons. The highest BCUT2D eigenvalue weighted by Crippen LogP contribution is 2.30. The molecule has 2 aromatic carbocycles. The van der Waals surface area contributed by atoms with Crippen LogP contribution < -0.4 is 10.1 Å². The Hall–Kier alpha value is -2.82. The zero-order chi connectivity index (χ0) is 20.8. The van der Waals surface area contributed by atoms with Gasteiger partial charge >= 0.3 is 0 Å². The third kappa shape index (κ3) is 4.61. The zero-order valence-corrected chi connectivity index (χ0v) is 17.5. The van der Waals surface area contributed by atoms with Crippen LogP contribution in [0.25, 0.3) is 11.1 Å². The fourth-order valence-corrected chi connectivity index (χ4v) is 4.01. The van der Waals surface area contributed by atoms with Gasteiger partial charge in [0.25, 0.3) is 0 Å². The smallest absolute Gasteiger partial charge is 0.247 e. The minimum Gasteiger partial charge on any atom is -0.497 e. The molecule has 1 aliphatic heterocycles. The Morgan fingerprint density at radius 3 is 2.45 bits per heavy atom. The van der Waals surface area contributed by atoms with Crippen molar-refractivity contribution in [3.63, 3.8) is 0 Å². The SMILES string of the molecule is CCC(CC)C(=O)N1CCCC1C(=O)Nc1ccccc1-c1ccc(OC)cc1. The molecule has 0 bridgehead atoms. The van der Waals surface area contributed by atoms with E-state index in [-0.39, 0.29) is 17.7 Å². The van der Waals surface area contributed by atoms with Gasteiger partial charge in [-0.1, -0.05) is 44.2 Å². The Balaban J connectivity index is 1.79. The third-order valence-electron chi connectivity index (χ3n) is 5.76. The van der Waals surface area contributed by atoms with Crippen molar-refractivity contribution in [2.45, 2.75) is 45.6 Å². The van der Waals surface area contributed by atoms with E-state index in [1.165, 1.54) is 0 Å². The summed E-state index contributed by atoms with van der Waals surface area (Å²) >= 11 is 0. The Morgan fingerprint density at radius 2 is 1.79 bits per heavy atom. The van der Waals surface area contributed by atoms with E-state index < -0.39 is 6.04 Å². The molecule has 5 heteroatoms. The van der Waals surface area contributed by atoms with Crippen LogP contribution >= 0.6 is 0 Å². The molecule has 0 saturated carbocycles. The molecule has 0 radical (unpaired) electrons. The van der Waals surface area contributed by atoms with Gasteiger partial charge in [-0.3, -0.25) is 9.59 Å². The summed E-state index contributed by atoms with van der Waals surface area (Å²) in [4.78, 5) is 27.7. The summed E-state index contributed by atoms with van der Waals surface area (Å²) in [6, 6.07) is 15.1. The second kappa shape index (κ2) is 9.59. The van der Waals surface area contributed by atoms with Gasteiger partial charge in [0.1, 0.15) is 11.8 Å². The molecule has 1 N–H and O–H groups in total. The van der Waals surface area contributed by atoms with Crippen molar-refractivity contribution in [1.82, 2.24) is 4.90 Å². The van der Waals surface area contributed by atoms with Crippen LogP contribution in [-0.2, 0) is 9.59 Å². The van der Waals surface area contributed by atoms with Gasteiger partial charge in [-0.05, 0) is 49.4 Å². The van der Waals surface area contributed by atoms with Gasteiger partial charge in [0.15, 0.2) is 0 Å². The molecule has 1 fully saturated rings. The first kappa shape index (κ1) is 20.9. The summed E-state index contributed by atoms with van der Waals surface area (Å²) in [5, 5.41) is 3.08. The van der Waals surface area contributed by atoms with E-state index in [0.717, 1.165) is 41.8 Å². The van der Waals surface area contributed by atoms with E-state index in [0.29, 0.717) is 13.0 Å². The third-order valence-corrected chi connectivity index (χ3v) is 5.76. The molecule has 0 spiro atoms. The lowest BCUT2D eigenvalue weighted by Gasteiger charge is -2.27. The highest BCUT2D eigenvalue weighted by Gasteiger charge is 2.36. The number of anilines is 1. The first-order valence-electron chi connectivity index (χ1n) is 10.4.